The van der Waals surface area contributed by atoms with Crippen LogP contribution in [0.15, 0.2) is 48.5 Å². The fourth-order valence-corrected chi connectivity index (χ4v) is 13.8. The second-order valence-electron chi connectivity index (χ2n) is 23.1. The van der Waals surface area contributed by atoms with Crippen LogP contribution in [-0.2, 0) is 44.7 Å². The lowest BCUT2D eigenvalue weighted by molar-refractivity contribution is -0.139. The van der Waals surface area contributed by atoms with Crippen molar-refractivity contribution in [1.29, 1.82) is 0 Å². The third kappa shape index (κ3) is 9.75. The van der Waals surface area contributed by atoms with Crippen molar-refractivity contribution in [3.63, 3.8) is 0 Å². The predicted molar refractivity (Wildman–Crippen MR) is 286 cm³/mol. The molecule has 4 amide bonds. The second kappa shape index (κ2) is 21.3. The number of benzene rings is 4. The van der Waals surface area contributed by atoms with Crippen LogP contribution in [0, 0.1) is 46.9 Å². The van der Waals surface area contributed by atoms with Crippen LogP contribution in [0.5, 0.6) is 0 Å². The number of nitrogens with one attached hydrogen (secondary N) is 4. The highest BCUT2D eigenvalue weighted by Crippen LogP contribution is 2.49. The van der Waals surface area contributed by atoms with E-state index in [1.165, 1.54) is 38.5 Å². The molecule has 2 saturated carbocycles. The standard InChI is InChI=1S/C60H68F4N8O6/c1-29(2)53(69-59(75)77-5)57(73)71-49-13-9-7-11-33(49)23-51(71)55-65-45-25-39(43(63)27-47(45)67-55)37-19-31-16-18-36-38(20-32(22-42(36)62)15-17-35(37)41(61)21-31)40-26-46-48(28-44(40)64)68-56(66-46)52-24-34-12-8-10-14-50(34)72(52)58(74)54(30(3)4)70-60(76)78-6/h19-22,25-30,33-34,49-54H,7-18,23-24H2,1-6H3,(H,65,67)(H,66,68)(H,69,75)(H,70,76)/t33-,34-,49-,50-,51-,52-,53-,54-/m0/s1. The summed E-state index contributed by atoms with van der Waals surface area (Å²) in [6.07, 6.45) is 7.93. The van der Waals surface area contributed by atoms with Crippen molar-refractivity contribution < 1.29 is 46.2 Å². The minimum absolute atomic E-state index is 0.0497. The highest BCUT2D eigenvalue weighted by Gasteiger charge is 2.50. The van der Waals surface area contributed by atoms with Crippen molar-refractivity contribution in [2.75, 3.05) is 14.2 Å². The molecule has 6 aromatic rings. The van der Waals surface area contributed by atoms with Gasteiger partial charge < -0.3 is 39.9 Å². The maximum Gasteiger partial charge on any atom is 0.407 e. The summed E-state index contributed by atoms with van der Waals surface area (Å²) >= 11 is 0. The Kier molecular flexibility index (Phi) is 14.5. The van der Waals surface area contributed by atoms with Crippen molar-refractivity contribution in [3.05, 3.63) is 106 Å². The number of aromatic nitrogens is 4. The SMILES string of the molecule is COC(=O)N[C@H](C(=O)N1[C@H](c2nc3cc(-c4cc5cc(F)c4CCc4cc(F)c(c(-c6cc7nc([C@@H]8C[C@@H]9CCCC[C@@H]9N8C(=O)[C@@H](NC(=O)OC)C(C)C)[nH]c7cc6F)c4)CC5)c(F)cc3[nH]2)C[C@@H]2CCCC[C@@H]21)C(C)C. The van der Waals surface area contributed by atoms with E-state index in [4.69, 9.17) is 19.4 Å². The molecule has 8 atom stereocenters. The lowest BCUT2D eigenvalue weighted by atomic mass is 9.84. The summed E-state index contributed by atoms with van der Waals surface area (Å²) in [7, 11) is 2.52. The zero-order valence-corrected chi connectivity index (χ0v) is 45.0. The number of likely N-dealkylation sites (tertiary alicyclic amines) is 2. The quantitative estimate of drug-likeness (QED) is 0.0981. The van der Waals surface area contributed by atoms with Crippen molar-refractivity contribution in [2.24, 2.45) is 23.7 Å². The molecule has 8 aliphatic rings. The molecule has 14 nitrogen and oxygen atoms in total. The number of rotatable bonds is 10. The van der Waals surface area contributed by atoms with Crippen LogP contribution in [0.1, 0.15) is 138 Å². The Bertz CT molecular complexity index is 3120. The van der Waals surface area contributed by atoms with Gasteiger partial charge in [-0.15, -0.1) is 0 Å². The molecule has 2 saturated heterocycles. The molecule has 0 unspecified atom stereocenters. The molecule has 0 spiro atoms. The minimum atomic E-state index is -0.833. The summed E-state index contributed by atoms with van der Waals surface area (Å²) in [6.45, 7) is 7.48. The topological polar surface area (TPSA) is 175 Å². The number of nitrogens with zero attached hydrogens (tertiary/aromatic N) is 4. The Hall–Kier alpha value is -6.98. The first kappa shape index (κ1) is 53.0. The molecule has 412 valence electrons. The minimum Gasteiger partial charge on any atom is -0.453 e. The summed E-state index contributed by atoms with van der Waals surface area (Å²) in [5.74, 6) is -1.66. The number of imidazole rings is 2. The first-order valence-corrected chi connectivity index (χ1v) is 27.8. The molecule has 14 rings (SSSR count). The molecule has 4 N–H and O–H groups in total. The van der Waals surface area contributed by atoms with Gasteiger partial charge in [-0.05, 0) is 146 Å². The maximum absolute atomic E-state index is 16.7. The number of alkyl carbamates (subject to hydrolysis) is 2. The monoisotopic (exact) mass is 1070 g/mol. The smallest absolute Gasteiger partial charge is 0.407 e. The van der Waals surface area contributed by atoms with Crippen molar-refractivity contribution in [1.82, 2.24) is 40.4 Å². The van der Waals surface area contributed by atoms with Gasteiger partial charge in [0, 0.05) is 35.3 Å². The van der Waals surface area contributed by atoms with E-state index in [0.717, 1.165) is 51.4 Å². The number of halogens is 4. The van der Waals surface area contributed by atoms with E-state index in [1.54, 1.807) is 24.3 Å². The number of aryl methyl sites for hydroxylation is 2. The number of carbonyl (C=O) groups excluding carboxylic acids is 4. The normalized spacial score (nSPS) is 22.8. The van der Waals surface area contributed by atoms with Gasteiger partial charge in [0.1, 0.15) is 47.0 Å². The molecule has 4 bridgehead atoms. The lowest BCUT2D eigenvalue weighted by Crippen LogP contribution is -2.53. The largest absolute Gasteiger partial charge is 0.453 e. The Morgan fingerprint density at radius 3 is 1.32 bits per heavy atom. The summed E-state index contributed by atoms with van der Waals surface area (Å²) in [6, 6.07) is 9.62. The van der Waals surface area contributed by atoms with Crippen LogP contribution in [0.4, 0.5) is 27.2 Å². The second-order valence-corrected chi connectivity index (χ2v) is 23.1. The van der Waals surface area contributed by atoms with Crippen LogP contribution in [0.2, 0.25) is 0 Å². The van der Waals surface area contributed by atoms with E-state index in [1.807, 2.05) is 37.5 Å². The summed E-state index contributed by atoms with van der Waals surface area (Å²) in [5, 5.41) is 5.49. The number of aromatic amines is 2. The van der Waals surface area contributed by atoms with Crippen LogP contribution in [0.25, 0.3) is 44.3 Å². The first-order valence-electron chi connectivity index (χ1n) is 27.8. The van der Waals surface area contributed by atoms with E-state index in [0.29, 0.717) is 68.8 Å². The number of amides is 4. The predicted octanol–water partition coefficient (Wildman–Crippen LogP) is 11.6. The number of hydrogen-bond acceptors (Lipinski definition) is 8. The fraction of sp³-hybridized carbons (Fsp3) is 0.500. The van der Waals surface area contributed by atoms with E-state index in [9.17, 15) is 19.2 Å². The third-order valence-corrected chi connectivity index (χ3v) is 17.7. The van der Waals surface area contributed by atoms with Crippen molar-refractivity contribution in [3.8, 4) is 22.3 Å². The average molecular weight is 1070 g/mol. The zero-order chi connectivity index (χ0) is 54.8. The number of fused-ring (bicyclic) bond motifs is 4. The van der Waals surface area contributed by atoms with Crippen molar-refractivity contribution >= 4 is 46.1 Å². The summed E-state index contributed by atoms with van der Waals surface area (Å²) in [5.41, 5.74) is 4.23. The fourth-order valence-electron chi connectivity index (χ4n) is 13.8. The Labute approximate surface area is 450 Å². The molecule has 18 heteroatoms. The Balaban J connectivity index is 0.896. The van der Waals surface area contributed by atoms with Crippen LogP contribution in [-0.4, -0.2) is 92.1 Å². The molecule has 2 aliphatic heterocycles. The number of hydrogen-bond donors (Lipinski definition) is 4. The first-order chi connectivity index (χ1) is 37.5. The van der Waals surface area contributed by atoms with E-state index < -0.39 is 59.6 Å². The molecule has 2 aromatic heterocycles. The highest BCUT2D eigenvalue weighted by atomic mass is 19.1. The van der Waals surface area contributed by atoms with Gasteiger partial charge in [-0.25, -0.2) is 37.1 Å². The van der Waals surface area contributed by atoms with E-state index in [2.05, 4.69) is 20.6 Å². The lowest BCUT2D eigenvalue weighted by Gasteiger charge is -2.36. The van der Waals surface area contributed by atoms with Gasteiger partial charge in [-0.2, -0.15) is 0 Å². The van der Waals surface area contributed by atoms with Gasteiger partial charge in [0.25, 0.3) is 0 Å². The highest BCUT2D eigenvalue weighted by molar-refractivity contribution is 5.89. The van der Waals surface area contributed by atoms with Gasteiger partial charge in [0.05, 0.1) is 48.4 Å². The third-order valence-electron chi connectivity index (χ3n) is 17.7. The Morgan fingerprint density at radius 2 is 0.936 bits per heavy atom. The number of methoxy groups -OCH3 is 2. The number of ether oxygens (including phenoxy) is 2. The maximum atomic E-state index is 16.7. The van der Waals surface area contributed by atoms with Crippen LogP contribution >= 0.6 is 0 Å². The van der Waals surface area contributed by atoms with Gasteiger partial charge in [-0.1, -0.05) is 65.5 Å². The zero-order valence-electron chi connectivity index (χ0n) is 45.0. The van der Waals surface area contributed by atoms with Crippen molar-refractivity contribution in [2.45, 2.75) is 154 Å². The molecule has 0 radical (unpaired) electrons. The molecule has 6 aliphatic carbocycles. The van der Waals surface area contributed by atoms with E-state index >= 15 is 17.6 Å². The molecule has 4 aromatic carbocycles. The van der Waals surface area contributed by atoms with Gasteiger partial charge in [-0.3, -0.25) is 9.59 Å². The summed E-state index contributed by atoms with van der Waals surface area (Å²) in [4.78, 5) is 74.2. The molecule has 78 heavy (non-hydrogen) atoms. The van der Waals surface area contributed by atoms with Crippen LogP contribution < -0.4 is 10.6 Å². The number of carbonyl (C=O) groups is 4. The van der Waals surface area contributed by atoms with E-state index in [-0.39, 0.29) is 95.5 Å². The average Bonchev–Trinajstić information content (AvgIpc) is 4.24. The summed E-state index contributed by atoms with van der Waals surface area (Å²) < 4.78 is 76.2. The molecular weight excluding hydrogens is 1000 g/mol. The van der Waals surface area contributed by atoms with Gasteiger partial charge in [0.2, 0.25) is 11.8 Å². The van der Waals surface area contributed by atoms with Gasteiger partial charge in [0.15, 0.2) is 0 Å². The molecule has 4 heterocycles. The Morgan fingerprint density at radius 1 is 0.538 bits per heavy atom. The van der Waals surface area contributed by atoms with Gasteiger partial charge >= 0.3 is 12.2 Å². The molecular formula is C60H68F4N8O6. The number of H-pyrrole nitrogens is 2. The van der Waals surface area contributed by atoms with Crippen LogP contribution in [0.3, 0.4) is 0 Å². The molecule has 4 fully saturated rings.